The molecule has 2 aromatic rings. The zero-order valence-corrected chi connectivity index (χ0v) is 31.2. The number of ether oxygens (including phenoxy) is 6. The minimum atomic E-state index is -1.33. The first-order valence-corrected chi connectivity index (χ1v) is 16.8. The molecule has 2 amide bonds. The summed E-state index contributed by atoms with van der Waals surface area (Å²) in [4.78, 5) is 60.2. The normalized spacial score (nSPS) is 19.3. The number of likely N-dealkylation sites (tertiary alicyclic amines) is 2. The van der Waals surface area contributed by atoms with Crippen LogP contribution < -0.4 is 18.9 Å². The van der Waals surface area contributed by atoms with Gasteiger partial charge in [0.15, 0.2) is 29.3 Å². The van der Waals surface area contributed by atoms with Crippen LogP contribution in [0.1, 0.15) is 54.3 Å². The summed E-state index contributed by atoms with van der Waals surface area (Å²) in [6.45, 7) is 5.81. The Morgan fingerprint density at radius 3 is 1.72 bits per heavy atom. The second-order valence-electron chi connectivity index (χ2n) is 11.7. The molecule has 2 aliphatic rings. The van der Waals surface area contributed by atoms with E-state index in [0.717, 1.165) is 18.2 Å². The maximum atomic E-state index is 13.3. The van der Waals surface area contributed by atoms with Crippen LogP contribution in [0, 0.1) is 26.1 Å². The number of β-amino-alcohol motifs (C(OH)–C–C–N with tert-alkyl or cyclic N) is 2. The molecule has 0 aliphatic carbocycles. The zero-order valence-electron chi connectivity index (χ0n) is 31.2. The number of nitrogens with zero attached hydrogens (tertiary/aromatic N) is 4. The maximum absolute atomic E-state index is 13.3. The van der Waals surface area contributed by atoms with E-state index in [9.17, 15) is 45.1 Å². The fourth-order valence-corrected chi connectivity index (χ4v) is 5.75. The third-order valence-electron chi connectivity index (χ3n) is 8.36. The van der Waals surface area contributed by atoms with Gasteiger partial charge in [0.2, 0.25) is 0 Å². The standard InChI is InChI=1S/C30H38N4O14.C2H4O2.C2H6/c1-16-8-17(35)13-32(16)29(38)19-10-25(45-3)27(12-22(19)34(42)43)48-7-5-6-47-26-11-21(33(40)41)18(9-24(26)44-2)28(37)31-14-20(23(36)15-31)30(39)46-4;1-4-2-3;1-2/h9-12,16-17,20,23,30,35-36,39H,5-8,13-15H2,1-4H3;2H,1H3;1-2H3/t16-,17?,20?,23+,30?;;/m1../s1. The highest BCUT2D eigenvalue weighted by molar-refractivity contribution is 6.00. The van der Waals surface area contributed by atoms with Crippen LogP contribution in [-0.4, -0.2) is 139 Å². The maximum Gasteiger partial charge on any atom is 0.292 e. The first-order chi connectivity index (χ1) is 25.7. The van der Waals surface area contributed by atoms with E-state index >= 15 is 0 Å². The molecule has 0 aromatic heterocycles. The molecule has 2 aliphatic heterocycles. The number of methoxy groups -OCH3 is 4. The molecule has 2 aromatic carbocycles. The number of carbonyl (C=O) groups is 3. The van der Waals surface area contributed by atoms with Crippen LogP contribution in [-0.2, 0) is 14.3 Å². The van der Waals surface area contributed by atoms with Crippen LogP contribution in [0.5, 0.6) is 23.0 Å². The molecule has 54 heavy (non-hydrogen) atoms. The van der Waals surface area contributed by atoms with Gasteiger partial charge in [0.1, 0.15) is 11.1 Å². The van der Waals surface area contributed by atoms with Gasteiger partial charge in [-0.2, -0.15) is 0 Å². The Kier molecular flexibility index (Phi) is 17.8. The molecule has 0 saturated carbocycles. The molecule has 20 nitrogen and oxygen atoms in total. The van der Waals surface area contributed by atoms with E-state index in [1.807, 2.05) is 13.8 Å². The van der Waals surface area contributed by atoms with Gasteiger partial charge in [0.25, 0.3) is 29.7 Å². The quantitative estimate of drug-likeness (QED) is 0.0771. The Morgan fingerprint density at radius 1 is 0.852 bits per heavy atom. The van der Waals surface area contributed by atoms with Gasteiger partial charge in [0, 0.05) is 51.3 Å². The Hall–Kier alpha value is -5.31. The number of rotatable bonds is 15. The first kappa shape index (κ1) is 44.8. The lowest BCUT2D eigenvalue weighted by atomic mass is 10.1. The monoisotopic (exact) mass is 768 g/mol. The van der Waals surface area contributed by atoms with Crippen LogP contribution in [0.2, 0.25) is 0 Å². The number of aliphatic hydroxyl groups excluding tert-OH is 3. The average molecular weight is 769 g/mol. The molecule has 0 spiro atoms. The summed E-state index contributed by atoms with van der Waals surface area (Å²) in [5.41, 5.74) is -1.58. The number of amides is 2. The molecule has 0 radical (unpaired) electrons. The third-order valence-corrected chi connectivity index (χ3v) is 8.36. The van der Waals surface area contributed by atoms with Crippen LogP contribution in [0.4, 0.5) is 11.4 Å². The molecule has 2 saturated heterocycles. The number of nitro groups is 2. The van der Waals surface area contributed by atoms with E-state index in [1.165, 1.54) is 44.3 Å². The van der Waals surface area contributed by atoms with E-state index in [0.29, 0.717) is 12.9 Å². The smallest absolute Gasteiger partial charge is 0.292 e. The van der Waals surface area contributed by atoms with Gasteiger partial charge in [0.05, 0.1) is 74.6 Å². The lowest BCUT2D eigenvalue weighted by Gasteiger charge is -2.21. The van der Waals surface area contributed by atoms with Crippen molar-refractivity contribution < 1.29 is 68.0 Å². The highest BCUT2D eigenvalue weighted by Gasteiger charge is 2.41. The molecule has 4 rings (SSSR count). The van der Waals surface area contributed by atoms with Crippen LogP contribution >= 0.6 is 0 Å². The summed E-state index contributed by atoms with van der Waals surface area (Å²) in [5, 5.41) is 54.0. The topological polar surface area (TPSA) is 260 Å². The molecule has 2 heterocycles. The molecule has 5 atom stereocenters. The van der Waals surface area contributed by atoms with Crippen molar-refractivity contribution in [3.05, 3.63) is 55.6 Å². The predicted molar refractivity (Wildman–Crippen MR) is 189 cm³/mol. The summed E-state index contributed by atoms with van der Waals surface area (Å²) < 4.78 is 30.8. The Morgan fingerprint density at radius 2 is 1.33 bits per heavy atom. The lowest BCUT2D eigenvalue weighted by molar-refractivity contribution is -0.385. The number of hydrogen-bond donors (Lipinski definition) is 3. The Labute approximate surface area is 311 Å². The third kappa shape index (κ3) is 11.1. The fourth-order valence-electron chi connectivity index (χ4n) is 5.75. The summed E-state index contributed by atoms with van der Waals surface area (Å²) in [6.07, 6.45) is -2.62. The number of aliphatic hydroxyl groups is 3. The number of hydrogen-bond acceptors (Lipinski definition) is 16. The van der Waals surface area contributed by atoms with Gasteiger partial charge < -0.3 is 53.5 Å². The van der Waals surface area contributed by atoms with Crippen molar-refractivity contribution in [2.75, 3.05) is 61.3 Å². The van der Waals surface area contributed by atoms with Gasteiger partial charge in [-0.3, -0.25) is 34.6 Å². The van der Waals surface area contributed by atoms with E-state index in [2.05, 4.69) is 4.74 Å². The van der Waals surface area contributed by atoms with Crippen molar-refractivity contribution in [2.45, 2.75) is 58.2 Å². The Bertz CT molecular complexity index is 1610. The summed E-state index contributed by atoms with van der Waals surface area (Å²) in [7, 11) is 5.16. The SMILES string of the molecule is CC.COC=O.COc1cc(C(=O)N2CC(C(O)OC)[C@@H](O)C2)c([N+](=O)[O-])cc1OCCCOc1cc([N+](=O)[O-])c(C(=O)N2CC(O)C[C@H]2C)cc1OC. The Balaban J connectivity index is 0.00000157. The van der Waals surface area contributed by atoms with Crippen LogP contribution in [0.3, 0.4) is 0 Å². The minimum absolute atomic E-state index is 0.00127. The van der Waals surface area contributed by atoms with E-state index < -0.39 is 57.5 Å². The fraction of sp³-hybridized carbons (Fsp3) is 0.559. The first-order valence-electron chi connectivity index (χ1n) is 16.8. The highest BCUT2D eigenvalue weighted by atomic mass is 16.6. The average Bonchev–Trinajstić information content (AvgIpc) is 3.73. The van der Waals surface area contributed by atoms with E-state index in [4.69, 9.17) is 28.5 Å². The van der Waals surface area contributed by atoms with E-state index in [-0.39, 0.29) is 79.4 Å². The van der Waals surface area contributed by atoms with Gasteiger partial charge in [-0.15, -0.1) is 0 Å². The second kappa shape index (κ2) is 21.4. The molecular weight excluding hydrogens is 720 g/mol. The highest BCUT2D eigenvalue weighted by Crippen LogP contribution is 2.38. The molecule has 3 unspecified atom stereocenters. The summed E-state index contributed by atoms with van der Waals surface area (Å²) in [6, 6.07) is 4.20. The van der Waals surface area contributed by atoms with Gasteiger partial charge in [-0.1, -0.05) is 13.8 Å². The molecule has 2 fully saturated rings. The minimum Gasteiger partial charge on any atom is -0.493 e. The number of carbonyl (C=O) groups excluding carboxylic acids is 3. The van der Waals surface area contributed by atoms with Crippen molar-refractivity contribution in [1.29, 1.82) is 0 Å². The van der Waals surface area contributed by atoms with Gasteiger partial charge in [-0.05, 0) is 13.3 Å². The van der Waals surface area contributed by atoms with Crippen molar-refractivity contribution in [1.82, 2.24) is 9.80 Å². The van der Waals surface area contributed by atoms with Gasteiger partial charge >= 0.3 is 0 Å². The van der Waals surface area contributed by atoms with E-state index in [1.54, 1.807) is 6.92 Å². The van der Waals surface area contributed by atoms with Crippen molar-refractivity contribution in [3.63, 3.8) is 0 Å². The predicted octanol–water partition coefficient (Wildman–Crippen LogP) is 2.18. The van der Waals surface area contributed by atoms with Crippen molar-refractivity contribution in [3.8, 4) is 23.0 Å². The molecule has 300 valence electrons. The molecule has 20 heteroatoms. The second-order valence-corrected chi connectivity index (χ2v) is 11.7. The zero-order chi connectivity index (χ0) is 40.7. The molecule has 3 N–H and O–H groups in total. The summed E-state index contributed by atoms with van der Waals surface area (Å²) >= 11 is 0. The molecule has 0 bridgehead atoms. The largest absolute Gasteiger partial charge is 0.493 e. The number of nitro benzene ring substituents is 2. The summed E-state index contributed by atoms with van der Waals surface area (Å²) in [5.74, 6) is -2.12. The van der Waals surface area contributed by atoms with Crippen LogP contribution in [0.25, 0.3) is 0 Å². The lowest BCUT2D eigenvalue weighted by Crippen LogP contribution is -2.34. The van der Waals surface area contributed by atoms with Crippen LogP contribution in [0.15, 0.2) is 24.3 Å². The van der Waals surface area contributed by atoms with Crippen molar-refractivity contribution >= 4 is 29.7 Å². The molecular formula is C34H48N4O16. The van der Waals surface area contributed by atoms with Gasteiger partial charge in [-0.25, -0.2) is 0 Å². The number of benzene rings is 2. The van der Waals surface area contributed by atoms with Crippen molar-refractivity contribution in [2.24, 2.45) is 5.92 Å².